The summed E-state index contributed by atoms with van der Waals surface area (Å²) in [5.74, 6) is 2.70. The number of aryl methyl sites for hydroxylation is 3. The van der Waals surface area contributed by atoms with Crippen LogP contribution in [0.15, 0.2) is 67.1 Å². The summed E-state index contributed by atoms with van der Waals surface area (Å²) in [6.07, 6.45) is 7.75. The van der Waals surface area contributed by atoms with Crippen molar-refractivity contribution < 1.29 is 4.74 Å². The van der Waals surface area contributed by atoms with E-state index in [1.165, 1.54) is 0 Å². The van der Waals surface area contributed by atoms with Gasteiger partial charge in [0.05, 0.1) is 11.3 Å². The zero-order valence-corrected chi connectivity index (χ0v) is 22.4. The van der Waals surface area contributed by atoms with E-state index in [0.29, 0.717) is 17.9 Å². The van der Waals surface area contributed by atoms with Gasteiger partial charge >= 0.3 is 0 Å². The summed E-state index contributed by atoms with van der Waals surface area (Å²) in [7, 11) is 1.92. The third-order valence-electron chi connectivity index (χ3n) is 7.01. The van der Waals surface area contributed by atoms with Crippen LogP contribution in [-0.4, -0.2) is 43.9 Å². The van der Waals surface area contributed by atoms with Crippen molar-refractivity contribution in [3.05, 3.63) is 78.2 Å². The highest BCUT2D eigenvalue weighted by molar-refractivity contribution is 5.99. The van der Waals surface area contributed by atoms with Gasteiger partial charge in [0.1, 0.15) is 5.75 Å². The van der Waals surface area contributed by atoms with E-state index in [1.54, 1.807) is 12.4 Å². The highest BCUT2D eigenvalue weighted by Crippen LogP contribution is 2.39. The predicted molar refractivity (Wildman–Crippen MR) is 155 cm³/mol. The molecule has 9 heteroatoms. The SMILES string of the molecule is Cc1cn(C)nc1Nc1cccc2c(Oc3ncccc3-c3ccnc(NC4CCCNC4)n3)c(C)ccc12. The van der Waals surface area contributed by atoms with E-state index in [4.69, 9.17) is 9.72 Å². The fourth-order valence-corrected chi connectivity index (χ4v) is 5.04. The summed E-state index contributed by atoms with van der Waals surface area (Å²) in [6, 6.07) is 16.4. The second-order valence-corrected chi connectivity index (χ2v) is 9.98. The number of rotatable bonds is 7. The Morgan fingerprint density at radius 3 is 2.72 bits per heavy atom. The summed E-state index contributed by atoms with van der Waals surface area (Å²) >= 11 is 0. The maximum absolute atomic E-state index is 6.58. The number of nitrogens with zero attached hydrogens (tertiary/aromatic N) is 5. The zero-order chi connectivity index (χ0) is 26.8. The molecule has 5 aromatic rings. The van der Waals surface area contributed by atoms with Gasteiger partial charge in [-0.05, 0) is 63.1 Å². The molecule has 0 saturated carbocycles. The normalized spacial score (nSPS) is 15.3. The Morgan fingerprint density at radius 2 is 1.90 bits per heavy atom. The minimum atomic E-state index is 0.314. The van der Waals surface area contributed by atoms with Crippen molar-refractivity contribution in [3.63, 3.8) is 0 Å². The Balaban J connectivity index is 1.34. The monoisotopic (exact) mass is 520 g/mol. The number of aromatic nitrogens is 5. The van der Waals surface area contributed by atoms with E-state index in [2.05, 4.69) is 55.3 Å². The second-order valence-electron chi connectivity index (χ2n) is 9.98. The molecule has 9 nitrogen and oxygen atoms in total. The van der Waals surface area contributed by atoms with Crippen LogP contribution in [0, 0.1) is 13.8 Å². The number of hydrogen-bond donors (Lipinski definition) is 3. The lowest BCUT2D eigenvalue weighted by Crippen LogP contribution is -2.38. The average molecular weight is 521 g/mol. The number of nitrogens with one attached hydrogen (secondary N) is 3. The van der Waals surface area contributed by atoms with Gasteiger partial charge in [0.15, 0.2) is 5.82 Å². The van der Waals surface area contributed by atoms with Gasteiger partial charge in [-0.15, -0.1) is 0 Å². The third-order valence-corrected chi connectivity index (χ3v) is 7.01. The van der Waals surface area contributed by atoms with Crippen molar-refractivity contribution in [2.75, 3.05) is 23.7 Å². The fourth-order valence-electron chi connectivity index (χ4n) is 5.04. The minimum absolute atomic E-state index is 0.314. The first-order valence-corrected chi connectivity index (χ1v) is 13.3. The van der Waals surface area contributed by atoms with Crippen LogP contribution in [0.25, 0.3) is 22.0 Å². The standard InChI is InChI=1S/C30H32N8O/c1-19-11-12-22-23(8-4-10-25(22)35-28-20(2)18-38(3)37-28)27(19)39-29-24(9-6-15-32-29)26-13-16-33-30(36-26)34-21-7-5-14-31-17-21/h4,6,8-13,15-16,18,21,31H,5,7,14,17H2,1-3H3,(H,35,37)(H,33,34,36). The van der Waals surface area contributed by atoms with Crippen LogP contribution >= 0.6 is 0 Å². The van der Waals surface area contributed by atoms with E-state index in [9.17, 15) is 0 Å². The lowest BCUT2D eigenvalue weighted by atomic mass is 10.0. The van der Waals surface area contributed by atoms with Crippen LogP contribution < -0.4 is 20.7 Å². The Labute approximate surface area is 227 Å². The molecule has 1 aliphatic rings. The predicted octanol–water partition coefficient (Wildman–Crippen LogP) is 5.74. The van der Waals surface area contributed by atoms with Crippen molar-refractivity contribution in [1.29, 1.82) is 0 Å². The van der Waals surface area contributed by atoms with Crippen molar-refractivity contribution in [2.24, 2.45) is 7.05 Å². The second kappa shape index (κ2) is 10.7. The Hall–Kier alpha value is -4.50. The van der Waals surface area contributed by atoms with Gasteiger partial charge in [-0.3, -0.25) is 4.68 Å². The van der Waals surface area contributed by atoms with Crippen LogP contribution in [0.1, 0.15) is 24.0 Å². The van der Waals surface area contributed by atoms with Gasteiger partial charge < -0.3 is 20.7 Å². The number of hydrogen-bond acceptors (Lipinski definition) is 8. The quantitative estimate of drug-likeness (QED) is 0.250. The molecule has 0 spiro atoms. The summed E-state index contributed by atoms with van der Waals surface area (Å²) in [4.78, 5) is 13.9. The van der Waals surface area contributed by atoms with Gasteiger partial charge in [0.25, 0.3) is 0 Å². The van der Waals surface area contributed by atoms with Gasteiger partial charge in [-0.2, -0.15) is 5.10 Å². The van der Waals surface area contributed by atoms with Crippen LogP contribution in [0.5, 0.6) is 11.6 Å². The molecule has 6 rings (SSSR count). The third kappa shape index (κ3) is 5.26. The van der Waals surface area contributed by atoms with Crippen molar-refractivity contribution in [3.8, 4) is 22.9 Å². The Kier molecular flexibility index (Phi) is 6.81. The molecule has 1 fully saturated rings. The molecule has 1 atom stereocenters. The van der Waals surface area contributed by atoms with E-state index in [-0.39, 0.29) is 0 Å². The van der Waals surface area contributed by atoms with Crippen molar-refractivity contribution in [2.45, 2.75) is 32.7 Å². The summed E-state index contributed by atoms with van der Waals surface area (Å²) in [5.41, 5.74) is 4.61. The molecule has 0 bridgehead atoms. The molecule has 1 aliphatic heterocycles. The van der Waals surface area contributed by atoms with Gasteiger partial charge in [0, 0.05) is 60.2 Å². The number of fused-ring (bicyclic) bond motifs is 1. The maximum Gasteiger partial charge on any atom is 0.228 e. The molecule has 3 aromatic heterocycles. The molecule has 1 unspecified atom stereocenters. The highest BCUT2D eigenvalue weighted by atomic mass is 16.5. The lowest BCUT2D eigenvalue weighted by molar-refractivity contribution is 0.466. The first-order valence-electron chi connectivity index (χ1n) is 13.3. The minimum Gasteiger partial charge on any atom is -0.437 e. The Morgan fingerprint density at radius 1 is 0.974 bits per heavy atom. The average Bonchev–Trinajstić information content (AvgIpc) is 3.27. The Bertz CT molecular complexity index is 1620. The first kappa shape index (κ1) is 24.8. The molecule has 0 aliphatic carbocycles. The smallest absolute Gasteiger partial charge is 0.228 e. The lowest BCUT2D eigenvalue weighted by Gasteiger charge is -2.23. The van der Waals surface area contributed by atoms with Crippen LogP contribution in [0.2, 0.25) is 0 Å². The first-order chi connectivity index (χ1) is 19.0. The van der Waals surface area contributed by atoms with Crippen molar-refractivity contribution >= 4 is 28.2 Å². The van der Waals surface area contributed by atoms with Crippen LogP contribution in [0.4, 0.5) is 17.5 Å². The number of benzene rings is 2. The molecule has 198 valence electrons. The van der Waals surface area contributed by atoms with E-state index < -0.39 is 0 Å². The molecule has 4 heterocycles. The highest BCUT2D eigenvalue weighted by Gasteiger charge is 2.18. The van der Waals surface area contributed by atoms with Gasteiger partial charge in [-0.1, -0.05) is 24.3 Å². The largest absolute Gasteiger partial charge is 0.437 e. The molecule has 2 aromatic carbocycles. The molecule has 0 amide bonds. The number of pyridine rings is 1. The number of anilines is 3. The molecule has 0 radical (unpaired) electrons. The van der Waals surface area contributed by atoms with E-state index in [1.807, 2.05) is 56.0 Å². The molecule has 1 saturated heterocycles. The molecule has 39 heavy (non-hydrogen) atoms. The van der Waals surface area contributed by atoms with Crippen LogP contribution in [-0.2, 0) is 7.05 Å². The molecular weight excluding hydrogens is 488 g/mol. The van der Waals surface area contributed by atoms with Gasteiger partial charge in [0.2, 0.25) is 11.8 Å². The molecular formula is C30H32N8O. The maximum atomic E-state index is 6.58. The number of piperidine rings is 1. The molecule has 3 N–H and O–H groups in total. The fraction of sp³-hybridized carbons (Fsp3) is 0.267. The topological polar surface area (TPSA) is 102 Å². The summed E-state index contributed by atoms with van der Waals surface area (Å²) in [6.45, 7) is 6.06. The van der Waals surface area contributed by atoms with Crippen molar-refractivity contribution in [1.82, 2.24) is 30.0 Å². The summed E-state index contributed by atoms with van der Waals surface area (Å²) in [5, 5.41) is 17.0. The van der Waals surface area contributed by atoms with E-state index >= 15 is 0 Å². The zero-order valence-electron chi connectivity index (χ0n) is 22.4. The van der Waals surface area contributed by atoms with Crippen LogP contribution in [0.3, 0.4) is 0 Å². The van der Waals surface area contributed by atoms with E-state index in [0.717, 1.165) is 76.3 Å². The van der Waals surface area contributed by atoms with Gasteiger partial charge in [-0.25, -0.2) is 15.0 Å². The summed E-state index contributed by atoms with van der Waals surface area (Å²) < 4.78 is 8.39. The number of ether oxygens (including phenoxy) is 1.